The molecule has 3 aromatic carbocycles. The van der Waals surface area contributed by atoms with Crippen molar-refractivity contribution in [3.8, 4) is 11.5 Å². The summed E-state index contributed by atoms with van der Waals surface area (Å²) in [7, 11) is 0. The Bertz CT molecular complexity index is 1150. The number of hydrogen-bond acceptors (Lipinski definition) is 3. The summed E-state index contributed by atoms with van der Waals surface area (Å²) >= 11 is 0. The Morgan fingerprint density at radius 2 is 1.53 bits per heavy atom. The first-order valence-electron chi connectivity index (χ1n) is 11.6. The smallest absolute Gasteiger partial charge is 0.120 e. The number of benzene rings is 3. The number of nitrogens with one attached hydrogen (secondary N) is 2. The number of aromatic amines is 1. The number of fused-ring (bicyclic) bond motifs is 3. The highest BCUT2D eigenvalue weighted by atomic mass is 16.5. The first-order chi connectivity index (χ1) is 15.9. The molecule has 4 nitrogen and oxygen atoms in total. The van der Waals surface area contributed by atoms with Crippen LogP contribution in [0.4, 0.5) is 0 Å². The fourth-order valence-electron chi connectivity index (χ4n) is 4.52. The Kier molecular flexibility index (Phi) is 6.40. The van der Waals surface area contributed by atoms with Crippen LogP contribution in [-0.4, -0.2) is 24.7 Å². The van der Waals surface area contributed by atoms with E-state index in [0.717, 1.165) is 50.3 Å². The normalized spacial score (nSPS) is 13.5. The monoisotopic (exact) mass is 426 g/mol. The van der Waals surface area contributed by atoms with Crippen LogP contribution in [0.2, 0.25) is 0 Å². The van der Waals surface area contributed by atoms with Crippen molar-refractivity contribution in [1.29, 1.82) is 0 Å². The van der Waals surface area contributed by atoms with Gasteiger partial charge in [0, 0.05) is 29.6 Å². The lowest BCUT2D eigenvalue weighted by atomic mass is 9.99. The van der Waals surface area contributed by atoms with Crippen LogP contribution >= 0.6 is 0 Å². The van der Waals surface area contributed by atoms with Crippen LogP contribution in [-0.2, 0) is 25.9 Å². The SMILES string of the molecule is c1ccc(COc2ccc(OCCCc3cccc4[nH]c5c(c34)CCNCC5)cc2)cc1. The fourth-order valence-corrected chi connectivity index (χ4v) is 4.52. The summed E-state index contributed by atoms with van der Waals surface area (Å²) in [6.07, 6.45) is 4.19. The van der Waals surface area contributed by atoms with Crippen LogP contribution in [0.15, 0.2) is 72.8 Å². The first-order valence-corrected chi connectivity index (χ1v) is 11.6. The largest absolute Gasteiger partial charge is 0.494 e. The van der Waals surface area contributed by atoms with Crippen molar-refractivity contribution in [2.24, 2.45) is 0 Å². The summed E-state index contributed by atoms with van der Waals surface area (Å²) in [6.45, 7) is 3.39. The molecular formula is C28H30N2O2. The summed E-state index contributed by atoms with van der Waals surface area (Å²) in [5, 5.41) is 4.94. The Morgan fingerprint density at radius 3 is 2.38 bits per heavy atom. The lowest BCUT2D eigenvalue weighted by molar-refractivity contribution is 0.299. The van der Waals surface area contributed by atoms with Crippen molar-refractivity contribution in [3.05, 3.63) is 95.2 Å². The lowest BCUT2D eigenvalue weighted by Gasteiger charge is -2.10. The van der Waals surface area contributed by atoms with Crippen molar-refractivity contribution in [1.82, 2.24) is 10.3 Å². The molecule has 0 amide bonds. The van der Waals surface area contributed by atoms with E-state index in [2.05, 4.69) is 40.6 Å². The quantitative estimate of drug-likeness (QED) is 0.369. The molecule has 4 heteroatoms. The molecule has 2 heterocycles. The standard InChI is InChI=1S/C28H30N2O2/c1-2-6-21(7-3-1)20-32-24-13-11-23(12-14-24)31-19-5-9-22-8-4-10-27-28(22)25-15-17-29-18-16-26(25)30-27/h1-4,6-8,10-14,29-30H,5,9,15-20H2. The molecule has 1 aliphatic heterocycles. The molecule has 4 aromatic rings. The van der Waals surface area contributed by atoms with Gasteiger partial charge in [-0.15, -0.1) is 0 Å². The minimum Gasteiger partial charge on any atom is -0.494 e. The van der Waals surface area contributed by atoms with Gasteiger partial charge in [-0.25, -0.2) is 0 Å². The number of aryl methyl sites for hydroxylation is 1. The molecule has 0 spiro atoms. The van der Waals surface area contributed by atoms with E-state index in [1.165, 1.54) is 33.3 Å². The van der Waals surface area contributed by atoms with E-state index in [1.54, 1.807) is 0 Å². The van der Waals surface area contributed by atoms with Crippen molar-refractivity contribution < 1.29 is 9.47 Å². The summed E-state index contributed by atoms with van der Waals surface area (Å²) in [5.74, 6) is 1.74. The van der Waals surface area contributed by atoms with E-state index in [0.29, 0.717) is 13.2 Å². The van der Waals surface area contributed by atoms with Crippen molar-refractivity contribution >= 4 is 10.9 Å². The van der Waals surface area contributed by atoms with Gasteiger partial charge < -0.3 is 19.8 Å². The molecule has 1 aliphatic rings. The fraction of sp³-hybridized carbons (Fsp3) is 0.286. The predicted octanol–water partition coefficient (Wildman–Crippen LogP) is 5.45. The molecular weight excluding hydrogens is 396 g/mol. The third kappa shape index (κ3) is 4.81. The van der Waals surface area contributed by atoms with Gasteiger partial charge in [-0.1, -0.05) is 42.5 Å². The highest BCUT2D eigenvalue weighted by Crippen LogP contribution is 2.28. The average molecular weight is 427 g/mol. The van der Waals surface area contributed by atoms with Gasteiger partial charge in [0.2, 0.25) is 0 Å². The van der Waals surface area contributed by atoms with E-state index in [4.69, 9.17) is 9.47 Å². The number of rotatable bonds is 8. The lowest BCUT2D eigenvalue weighted by Crippen LogP contribution is -2.16. The van der Waals surface area contributed by atoms with Gasteiger partial charge in [0.05, 0.1) is 6.61 Å². The molecule has 0 fully saturated rings. The first kappa shape index (κ1) is 20.7. The van der Waals surface area contributed by atoms with Crippen LogP contribution in [0.1, 0.15) is 28.8 Å². The molecule has 1 aromatic heterocycles. The molecule has 0 radical (unpaired) electrons. The minimum atomic E-state index is 0.575. The van der Waals surface area contributed by atoms with Gasteiger partial charge in [-0.3, -0.25) is 0 Å². The highest BCUT2D eigenvalue weighted by Gasteiger charge is 2.16. The van der Waals surface area contributed by atoms with Crippen LogP contribution in [0.25, 0.3) is 10.9 Å². The van der Waals surface area contributed by atoms with Crippen LogP contribution in [0.5, 0.6) is 11.5 Å². The Morgan fingerprint density at radius 1 is 0.750 bits per heavy atom. The average Bonchev–Trinajstić information content (AvgIpc) is 3.04. The third-order valence-corrected chi connectivity index (χ3v) is 6.14. The third-order valence-electron chi connectivity index (χ3n) is 6.14. The number of hydrogen-bond donors (Lipinski definition) is 2. The van der Waals surface area contributed by atoms with Crippen LogP contribution in [0.3, 0.4) is 0 Å². The zero-order chi connectivity index (χ0) is 21.6. The summed E-state index contributed by atoms with van der Waals surface area (Å²) in [4.78, 5) is 3.66. The van der Waals surface area contributed by atoms with E-state index in [-0.39, 0.29) is 0 Å². The molecule has 0 atom stereocenters. The van der Waals surface area contributed by atoms with Crippen molar-refractivity contribution in [2.75, 3.05) is 19.7 Å². The van der Waals surface area contributed by atoms with Crippen LogP contribution < -0.4 is 14.8 Å². The molecule has 164 valence electrons. The Labute approximate surface area is 189 Å². The molecule has 0 aliphatic carbocycles. The predicted molar refractivity (Wildman–Crippen MR) is 130 cm³/mol. The summed E-state index contributed by atoms with van der Waals surface area (Å²) in [6, 6.07) is 24.8. The van der Waals surface area contributed by atoms with Crippen molar-refractivity contribution in [2.45, 2.75) is 32.3 Å². The van der Waals surface area contributed by atoms with E-state index >= 15 is 0 Å². The van der Waals surface area contributed by atoms with Gasteiger partial charge in [0.25, 0.3) is 0 Å². The van der Waals surface area contributed by atoms with Crippen LogP contribution in [0, 0.1) is 0 Å². The van der Waals surface area contributed by atoms with Gasteiger partial charge in [0.1, 0.15) is 18.1 Å². The zero-order valence-corrected chi connectivity index (χ0v) is 18.4. The van der Waals surface area contributed by atoms with E-state index < -0.39 is 0 Å². The molecule has 5 rings (SSSR count). The van der Waals surface area contributed by atoms with Gasteiger partial charge in [-0.05, 0) is 72.8 Å². The minimum absolute atomic E-state index is 0.575. The maximum atomic E-state index is 6.00. The second kappa shape index (κ2) is 9.92. The summed E-state index contributed by atoms with van der Waals surface area (Å²) < 4.78 is 11.9. The number of H-pyrrole nitrogens is 1. The van der Waals surface area contributed by atoms with E-state index in [1.807, 2.05) is 42.5 Å². The van der Waals surface area contributed by atoms with Gasteiger partial charge >= 0.3 is 0 Å². The van der Waals surface area contributed by atoms with Gasteiger partial charge in [0.15, 0.2) is 0 Å². The topological polar surface area (TPSA) is 46.3 Å². The molecule has 0 unspecified atom stereocenters. The number of aromatic nitrogens is 1. The van der Waals surface area contributed by atoms with Gasteiger partial charge in [-0.2, -0.15) is 0 Å². The Hall–Kier alpha value is -3.24. The molecule has 0 saturated carbocycles. The maximum Gasteiger partial charge on any atom is 0.120 e. The molecule has 0 bridgehead atoms. The Balaban J connectivity index is 1.14. The number of ether oxygens (including phenoxy) is 2. The zero-order valence-electron chi connectivity index (χ0n) is 18.4. The van der Waals surface area contributed by atoms with Crippen molar-refractivity contribution in [3.63, 3.8) is 0 Å². The highest BCUT2D eigenvalue weighted by molar-refractivity contribution is 5.88. The second-order valence-electron chi connectivity index (χ2n) is 8.37. The summed E-state index contributed by atoms with van der Waals surface area (Å²) in [5.41, 5.74) is 6.78. The molecule has 32 heavy (non-hydrogen) atoms. The molecule has 0 saturated heterocycles. The maximum absolute atomic E-state index is 6.00. The molecule has 2 N–H and O–H groups in total. The second-order valence-corrected chi connectivity index (χ2v) is 8.37. The van der Waals surface area contributed by atoms with E-state index in [9.17, 15) is 0 Å².